The Bertz CT molecular complexity index is 672. The maximum Gasteiger partial charge on any atom is 0.231 e. The van der Waals surface area contributed by atoms with Gasteiger partial charge in [-0.1, -0.05) is 43.2 Å². The number of benzene rings is 1. The van der Waals surface area contributed by atoms with E-state index in [-0.39, 0.29) is 24.2 Å². The molecule has 2 unspecified atom stereocenters. The lowest BCUT2D eigenvalue weighted by Gasteiger charge is -2.36. The number of anilines is 1. The van der Waals surface area contributed by atoms with Gasteiger partial charge in [0.05, 0.1) is 5.92 Å². The molecule has 24 heavy (non-hydrogen) atoms. The molecule has 0 bridgehead atoms. The average molecular weight is 366 g/mol. The fourth-order valence-corrected chi connectivity index (χ4v) is 4.08. The number of halogens is 1. The smallest absolute Gasteiger partial charge is 0.231 e. The molecule has 1 saturated carbocycles. The predicted octanol–water partition coefficient (Wildman–Crippen LogP) is 4.00. The molecule has 0 radical (unpaired) electrons. The molecule has 1 aliphatic rings. The van der Waals surface area contributed by atoms with Crippen LogP contribution in [0, 0.1) is 5.92 Å². The van der Waals surface area contributed by atoms with E-state index in [9.17, 15) is 4.79 Å². The minimum absolute atomic E-state index is 0. The van der Waals surface area contributed by atoms with Crippen LogP contribution in [0.25, 0.3) is 0 Å². The first kappa shape index (κ1) is 18.9. The van der Waals surface area contributed by atoms with Crippen molar-refractivity contribution in [3.63, 3.8) is 0 Å². The van der Waals surface area contributed by atoms with Crippen LogP contribution in [0.3, 0.4) is 0 Å². The number of carbonyl (C=O) groups is 1. The maximum atomic E-state index is 12.5. The van der Waals surface area contributed by atoms with Crippen molar-refractivity contribution < 1.29 is 4.79 Å². The van der Waals surface area contributed by atoms with Crippen molar-refractivity contribution in [3.8, 4) is 0 Å². The lowest BCUT2D eigenvalue weighted by molar-refractivity contribution is -0.122. The van der Waals surface area contributed by atoms with E-state index in [4.69, 9.17) is 5.73 Å². The van der Waals surface area contributed by atoms with Gasteiger partial charge in [0.2, 0.25) is 5.91 Å². The lowest BCUT2D eigenvalue weighted by atomic mass is 9.74. The summed E-state index contributed by atoms with van der Waals surface area (Å²) >= 11 is 1.54. The largest absolute Gasteiger partial charge is 0.325 e. The minimum atomic E-state index is -0.410. The quantitative estimate of drug-likeness (QED) is 0.860. The molecule has 1 fully saturated rings. The molecule has 0 saturated heterocycles. The van der Waals surface area contributed by atoms with Crippen LogP contribution >= 0.6 is 23.7 Å². The Morgan fingerprint density at radius 1 is 1.38 bits per heavy atom. The fourth-order valence-electron chi connectivity index (χ4n) is 3.23. The zero-order valence-corrected chi connectivity index (χ0v) is 15.5. The molecular weight excluding hydrogens is 342 g/mol. The van der Waals surface area contributed by atoms with Crippen molar-refractivity contribution in [1.29, 1.82) is 0 Å². The zero-order valence-electron chi connectivity index (χ0n) is 13.8. The molecule has 2 aromatic rings. The van der Waals surface area contributed by atoms with Gasteiger partial charge in [0, 0.05) is 23.0 Å². The van der Waals surface area contributed by atoms with E-state index in [1.54, 1.807) is 0 Å². The molecular formula is C18H24ClN3OS. The number of carbonyl (C=O) groups excluding carboxylic acids is 1. The minimum Gasteiger partial charge on any atom is -0.325 e. The molecule has 1 heterocycles. The molecule has 6 heteroatoms. The summed E-state index contributed by atoms with van der Waals surface area (Å²) in [5, 5.41) is 3.63. The molecule has 1 amide bonds. The summed E-state index contributed by atoms with van der Waals surface area (Å²) in [6.07, 6.45) is 6.63. The fraction of sp³-hybridized carbons (Fsp3) is 0.444. The first-order chi connectivity index (χ1) is 11.0. The summed E-state index contributed by atoms with van der Waals surface area (Å²) in [6, 6.07) is 10.3. The third-order valence-electron chi connectivity index (χ3n) is 4.58. The summed E-state index contributed by atoms with van der Waals surface area (Å²) in [6.45, 7) is 1.99. The standard InChI is InChI=1S/C18H23N3OS.ClH/c1-18(19)10-6-5-9-15(18)16(22)21-17-20-12-14(23-17)11-13-7-3-2-4-8-13;/h2-4,7-8,12,15H,5-6,9-11,19H2,1H3,(H,20,21,22);1H. The van der Waals surface area contributed by atoms with Gasteiger partial charge in [0.25, 0.3) is 0 Å². The van der Waals surface area contributed by atoms with Crippen molar-refractivity contribution in [2.45, 2.75) is 44.6 Å². The summed E-state index contributed by atoms with van der Waals surface area (Å²) in [5.74, 6) is -0.118. The number of hydrogen-bond acceptors (Lipinski definition) is 4. The molecule has 2 atom stereocenters. The second-order valence-electron chi connectivity index (χ2n) is 6.59. The second kappa shape index (κ2) is 8.10. The van der Waals surface area contributed by atoms with Crippen molar-refractivity contribution >= 4 is 34.8 Å². The van der Waals surface area contributed by atoms with Crippen molar-refractivity contribution in [1.82, 2.24) is 4.98 Å². The molecule has 3 rings (SSSR count). The third-order valence-corrected chi connectivity index (χ3v) is 5.49. The topological polar surface area (TPSA) is 68.0 Å². The van der Waals surface area contributed by atoms with E-state index >= 15 is 0 Å². The Labute approximate surface area is 153 Å². The third kappa shape index (κ3) is 4.56. The lowest BCUT2D eigenvalue weighted by Crippen LogP contribution is -2.51. The molecule has 1 aromatic heterocycles. The van der Waals surface area contributed by atoms with E-state index in [1.165, 1.54) is 16.9 Å². The highest BCUT2D eigenvalue weighted by Gasteiger charge is 2.37. The van der Waals surface area contributed by atoms with Crippen molar-refractivity contribution in [3.05, 3.63) is 47.0 Å². The van der Waals surface area contributed by atoms with Gasteiger partial charge in [-0.3, -0.25) is 4.79 Å². The van der Waals surface area contributed by atoms with E-state index in [0.717, 1.165) is 37.0 Å². The first-order valence-corrected chi connectivity index (χ1v) is 8.94. The summed E-state index contributed by atoms with van der Waals surface area (Å²) in [4.78, 5) is 18.0. The van der Waals surface area contributed by atoms with Crippen LogP contribution in [0.4, 0.5) is 5.13 Å². The summed E-state index contributed by atoms with van der Waals surface area (Å²) in [5.41, 5.74) is 7.14. The van der Waals surface area contributed by atoms with Crippen LogP contribution in [-0.4, -0.2) is 16.4 Å². The molecule has 1 aromatic carbocycles. The average Bonchev–Trinajstić information content (AvgIpc) is 2.94. The molecule has 4 nitrogen and oxygen atoms in total. The van der Waals surface area contributed by atoms with E-state index in [1.807, 2.05) is 31.3 Å². The molecule has 0 aliphatic heterocycles. The molecule has 1 aliphatic carbocycles. The number of nitrogens with zero attached hydrogens (tertiary/aromatic N) is 1. The zero-order chi connectivity index (χ0) is 16.3. The first-order valence-electron chi connectivity index (χ1n) is 8.13. The maximum absolute atomic E-state index is 12.5. The number of amides is 1. The summed E-state index contributed by atoms with van der Waals surface area (Å²) in [7, 11) is 0. The van der Waals surface area contributed by atoms with Gasteiger partial charge in [0.1, 0.15) is 0 Å². The van der Waals surface area contributed by atoms with Gasteiger partial charge in [-0.2, -0.15) is 0 Å². The Kier molecular flexibility index (Phi) is 6.38. The normalized spacial score (nSPS) is 23.3. The Hall–Kier alpha value is -1.43. The van der Waals surface area contributed by atoms with Crippen LogP contribution in [0.2, 0.25) is 0 Å². The van der Waals surface area contributed by atoms with Crippen molar-refractivity contribution in [2.75, 3.05) is 5.32 Å². The highest BCUT2D eigenvalue weighted by molar-refractivity contribution is 7.15. The highest BCUT2D eigenvalue weighted by Crippen LogP contribution is 2.33. The number of nitrogens with one attached hydrogen (secondary N) is 1. The number of rotatable bonds is 4. The Balaban J connectivity index is 0.00000208. The van der Waals surface area contributed by atoms with Gasteiger partial charge >= 0.3 is 0 Å². The van der Waals surface area contributed by atoms with Crippen LogP contribution in [-0.2, 0) is 11.2 Å². The molecule has 130 valence electrons. The number of hydrogen-bond donors (Lipinski definition) is 2. The van der Waals surface area contributed by atoms with Gasteiger partial charge < -0.3 is 11.1 Å². The van der Waals surface area contributed by atoms with Crippen LogP contribution in [0.5, 0.6) is 0 Å². The highest BCUT2D eigenvalue weighted by atomic mass is 35.5. The van der Waals surface area contributed by atoms with Crippen molar-refractivity contribution in [2.24, 2.45) is 11.7 Å². The number of thiazole rings is 1. The number of nitrogens with two attached hydrogens (primary N) is 1. The second-order valence-corrected chi connectivity index (χ2v) is 7.70. The number of aromatic nitrogens is 1. The van der Waals surface area contributed by atoms with Crippen LogP contribution in [0.15, 0.2) is 36.5 Å². The Morgan fingerprint density at radius 2 is 2.12 bits per heavy atom. The molecule has 0 spiro atoms. The Morgan fingerprint density at radius 3 is 2.83 bits per heavy atom. The summed E-state index contributed by atoms with van der Waals surface area (Å²) < 4.78 is 0. The molecule has 3 N–H and O–H groups in total. The van der Waals surface area contributed by atoms with E-state index in [0.29, 0.717) is 5.13 Å². The van der Waals surface area contributed by atoms with E-state index < -0.39 is 5.54 Å². The van der Waals surface area contributed by atoms with Gasteiger partial charge in [0.15, 0.2) is 5.13 Å². The van der Waals surface area contributed by atoms with E-state index in [2.05, 4.69) is 22.4 Å². The van der Waals surface area contributed by atoms with Gasteiger partial charge in [-0.05, 0) is 25.3 Å². The predicted molar refractivity (Wildman–Crippen MR) is 102 cm³/mol. The monoisotopic (exact) mass is 365 g/mol. The van der Waals surface area contributed by atoms with Gasteiger partial charge in [-0.15, -0.1) is 23.7 Å². The van der Waals surface area contributed by atoms with Crippen LogP contribution < -0.4 is 11.1 Å². The van der Waals surface area contributed by atoms with Gasteiger partial charge in [-0.25, -0.2) is 4.98 Å². The SMILES string of the molecule is CC1(N)CCCCC1C(=O)Nc1ncc(Cc2ccccc2)s1.Cl. The van der Waals surface area contributed by atoms with Crippen LogP contribution in [0.1, 0.15) is 43.0 Å².